The Morgan fingerprint density at radius 1 is 1.10 bits per heavy atom. The van der Waals surface area contributed by atoms with Gasteiger partial charge in [-0.25, -0.2) is 4.84 Å². The molecule has 1 amide bonds. The number of aryl methyl sites for hydroxylation is 1. The lowest BCUT2D eigenvalue weighted by Crippen LogP contribution is -2.35. The van der Waals surface area contributed by atoms with E-state index in [1.165, 1.54) is 10.6 Å². The van der Waals surface area contributed by atoms with Crippen LogP contribution in [0.15, 0.2) is 54.6 Å². The molecule has 1 atom stereocenters. The maximum atomic E-state index is 12.2. The number of benzene rings is 2. The zero-order chi connectivity index (χ0) is 14.9. The highest BCUT2D eigenvalue weighted by Gasteiger charge is 2.42. The summed E-state index contributed by atoms with van der Waals surface area (Å²) < 4.78 is 0. The fourth-order valence-electron chi connectivity index (χ4n) is 2.41. The number of hydrogen-bond acceptors (Lipinski definition) is 3. The molecule has 1 unspecified atom stereocenters. The van der Waals surface area contributed by atoms with E-state index in [1.54, 1.807) is 0 Å². The Morgan fingerprint density at radius 3 is 2.43 bits per heavy atom. The third kappa shape index (κ3) is 2.90. The van der Waals surface area contributed by atoms with Crippen molar-refractivity contribution in [1.29, 1.82) is 0 Å². The SMILES string of the molecule is Cc1ccc(NC2(C)CC(=O)N(c3ccccc3)O2)cc1. The van der Waals surface area contributed by atoms with Crippen molar-refractivity contribution in [3.05, 3.63) is 60.2 Å². The van der Waals surface area contributed by atoms with Crippen molar-refractivity contribution in [2.75, 3.05) is 10.4 Å². The van der Waals surface area contributed by atoms with Crippen molar-refractivity contribution in [3.63, 3.8) is 0 Å². The van der Waals surface area contributed by atoms with Gasteiger partial charge in [0.2, 0.25) is 0 Å². The average Bonchev–Trinajstić information content (AvgIpc) is 2.77. The van der Waals surface area contributed by atoms with Crippen LogP contribution in [0.1, 0.15) is 18.9 Å². The van der Waals surface area contributed by atoms with Gasteiger partial charge in [0, 0.05) is 5.69 Å². The largest absolute Gasteiger partial charge is 0.355 e. The molecule has 1 aliphatic rings. The number of amides is 1. The normalized spacial score (nSPS) is 21.6. The maximum absolute atomic E-state index is 12.2. The van der Waals surface area contributed by atoms with Gasteiger partial charge in [-0.15, -0.1) is 0 Å². The molecule has 1 aliphatic heterocycles. The quantitative estimate of drug-likeness (QED) is 0.937. The predicted octanol–water partition coefficient (Wildman–Crippen LogP) is 3.49. The van der Waals surface area contributed by atoms with Crippen LogP contribution in [-0.4, -0.2) is 11.6 Å². The van der Waals surface area contributed by atoms with E-state index in [0.717, 1.165) is 11.4 Å². The second kappa shape index (κ2) is 5.22. The molecular formula is C17H18N2O2. The highest BCUT2D eigenvalue weighted by molar-refractivity contribution is 5.94. The molecule has 0 radical (unpaired) electrons. The summed E-state index contributed by atoms with van der Waals surface area (Å²) in [5.74, 6) is -0.0525. The molecule has 1 heterocycles. The van der Waals surface area contributed by atoms with Crippen molar-refractivity contribution in [3.8, 4) is 0 Å². The van der Waals surface area contributed by atoms with Crippen LogP contribution in [0.3, 0.4) is 0 Å². The highest BCUT2D eigenvalue weighted by Crippen LogP contribution is 2.31. The summed E-state index contributed by atoms with van der Waals surface area (Å²) in [5, 5.41) is 4.65. The number of nitrogens with zero attached hydrogens (tertiary/aromatic N) is 1. The van der Waals surface area contributed by atoms with Crippen LogP contribution >= 0.6 is 0 Å². The molecule has 21 heavy (non-hydrogen) atoms. The van der Waals surface area contributed by atoms with E-state index in [9.17, 15) is 4.79 Å². The van der Waals surface area contributed by atoms with E-state index in [4.69, 9.17) is 4.84 Å². The van der Waals surface area contributed by atoms with Gasteiger partial charge in [-0.1, -0.05) is 35.9 Å². The first-order valence-corrected chi connectivity index (χ1v) is 6.98. The number of hydrogen-bond donors (Lipinski definition) is 1. The minimum absolute atomic E-state index is 0.0525. The highest BCUT2D eigenvalue weighted by atomic mass is 16.7. The fraction of sp³-hybridized carbons (Fsp3) is 0.235. The summed E-state index contributed by atoms with van der Waals surface area (Å²) in [4.78, 5) is 18.0. The molecule has 0 aliphatic carbocycles. The molecule has 0 aromatic heterocycles. The Morgan fingerprint density at radius 2 is 1.76 bits per heavy atom. The molecular weight excluding hydrogens is 264 g/mol. The molecule has 4 heteroatoms. The Labute approximate surface area is 124 Å². The second-order valence-electron chi connectivity index (χ2n) is 5.51. The van der Waals surface area contributed by atoms with Crippen LogP contribution in [0.2, 0.25) is 0 Å². The van der Waals surface area contributed by atoms with Crippen LogP contribution in [0.4, 0.5) is 11.4 Å². The van der Waals surface area contributed by atoms with E-state index in [0.29, 0.717) is 0 Å². The number of carbonyl (C=O) groups is 1. The summed E-state index contributed by atoms with van der Waals surface area (Å²) in [7, 11) is 0. The Balaban J connectivity index is 1.78. The zero-order valence-corrected chi connectivity index (χ0v) is 12.2. The Kier molecular flexibility index (Phi) is 3.39. The standard InChI is InChI=1S/C17H18N2O2/c1-13-8-10-14(11-9-13)18-17(2)12-16(20)19(21-17)15-6-4-3-5-7-15/h3-11,18H,12H2,1-2H3. The van der Waals surface area contributed by atoms with Crippen molar-refractivity contribution in [1.82, 2.24) is 0 Å². The monoisotopic (exact) mass is 282 g/mol. The predicted molar refractivity (Wildman–Crippen MR) is 82.8 cm³/mol. The first-order chi connectivity index (χ1) is 10.1. The van der Waals surface area contributed by atoms with Gasteiger partial charge in [-0.2, -0.15) is 5.06 Å². The van der Waals surface area contributed by atoms with Gasteiger partial charge in [0.25, 0.3) is 5.91 Å². The summed E-state index contributed by atoms with van der Waals surface area (Å²) in [6, 6.07) is 17.4. The lowest BCUT2D eigenvalue weighted by atomic mass is 10.1. The Hall–Kier alpha value is -2.33. The van der Waals surface area contributed by atoms with Gasteiger partial charge in [0.15, 0.2) is 5.72 Å². The fourth-order valence-corrected chi connectivity index (χ4v) is 2.41. The van der Waals surface area contributed by atoms with Crippen LogP contribution in [0.25, 0.3) is 0 Å². The number of carbonyl (C=O) groups excluding carboxylic acids is 1. The number of hydroxylamine groups is 1. The molecule has 0 spiro atoms. The van der Waals surface area contributed by atoms with Gasteiger partial charge in [0.1, 0.15) is 0 Å². The number of anilines is 2. The molecule has 0 saturated carbocycles. The first-order valence-electron chi connectivity index (χ1n) is 6.98. The minimum Gasteiger partial charge on any atom is -0.355 e. The topological polar surface area (TPSA) is 41.6 Å². The number of nitrogens with one attached hydrogen (secondary N) is 1. The summed E-state index contributed by atoms with van der Waals surface area (Å²) in [6.45, 7) is 3.92. The summed E-state index contributed by atoms with van der Waals surface area (Å²) in [5.41, 5.74) is 2.14. The molecule has 4 nitrogen and oxygen atoms in total. The van der Waals surface area contributed by atoms with E-state index < -0.39 is 5.72 Å². The van der Waals surface area contributed by atoms with Gasteiger partial charge >= 0.3 is 0 Å². The van der Waals surface area contributed by atoms with Crippen molar-refractivity contribution >= 4 is 17.3 Å². The molecule has 3 rings (SSSR count). The third-order valence-electron chi connectivity index (χ3n) is 3.46. The summed E-state index contributed by atoms with van der Waals surface area (Å²) >= 11 is 0. The van der Waals surface area contributed by atoms with E-state index >= 15 is 0 Å². The number of rotatable bonds is 3. The molecule has 108 valence electrons. The average molecular weight is 282 g/mol. The maximum Gasteiger partial charge on any atom is 0.255 e. The first kappa shape index (κ1) is 13.6. The smallest absolute Gasteiger partial charge is 0.255 e. The molecule has 1 saturated heterocycles. The van der Waals surface area contributed by atoms with E-state index in [1.807, 2.05) is 68.4 Å². The zero-order valence-electron chi connectivity index (χ0n) is 12.2. The van der Waals surface area contributed by atoms with Crippen LogP contribution in [0, 0.1) is 6.92 Å². The molecule has 0 bridgehead atoms. The molecule has 2 aromatic carbocycles. The van der Waals surface area contributed by atoms with Gasteiger partial charge in [0.05, 0.1) is 12.1 Å². The molecule has 1 N–H and O–H groups in total. The number of para-hydroxylation sites is 1. The van der Waals surface area contributed by atoms with Crippen LogP contribution in [0.5, 0.6) is 0 Å². The van der Waals surface area contributed by atoms with Crippen LogP contribution in [-0.2, 0) is 9.63 Å². The lowest BCUT2D eigenvalue weighted by molar-refractivity contribution is -0.119. The van der Waals surface area contributed by atoms with Crippen LogP contribution < -0.4 is 10.4 Å². The molecule has 1 fully saturated rings. The second-order valence-corrected chi connectivity index (χ2v) is 5.51. The van der Waals surface area contributed by atoms with E-state index in [-0.39, 0.29) is 12.3 Å². The van der Waals surface area contributed by atoms with Gasteiger partial charge in [-0.3, -0.25) is 4.79 Å². The Bertz CT molecular complexity index is 640. The minimum atomic E-state index is -0.734. The summed E-state index contributed by atoms with van der Waals surface area (Å²) in [6.07, 6.45) is 0.287. The third-order valence-corrected chi connectivity index (χ3v) is 3.46. The van der Waals surface area contributed by atoms with Crippen molar-refractivity contribution < 1.29 is 9.63 Å². The molecule has 2 aromatic rings. The van der Waals surface area contributed by atoms with Gasteiger partial charge in [-0.05, 0) is 38.1 Å². The van der Waals surface area contributed by atoms with Crippen molar-refractivity contribution in [2.45, 2.75) is 26.0 Å². The van der Waals surface area contributed by atoms with Crippen molar-refractivity contribution in [2.24, 2.45) is 0 Å². The lowest BCUT2D eigenvalue weighted by Gasteiger charge is -2.26. The van der Waals surface area contributed by atoms with Gasteiger partial charge < -0.3 is 5.32 Å². The van der Waals surface area contributed by atoms with E-state index in [2.05, 4.69) is 5.32 Å².